The topological polar surface area (TPSA) is 8.82 Å². The Balaban J connectivity index is 1.26. The molecule has 0 radical (unpaired) electrons. The van der Waals surface area contributed by atoms with Crippen LogP contribution in [0.25, 0.3) is 142 Å². The Labute approximate surface area is 331 Å². The summed E-state index contributed by atoms with van der Waals surface area (Å²) in [5, 5.41) is 15.7. The summed E-state index contributed by atoms with van der Waals surface area (Å²) in [5.74, 6) is 0. The van der Waals surface area contributed by atoms with Gasteiger partial charge < -0.3 is 8.80 Å². The second kappa shape index (κ2) is 10.2. The van der Waals surface area contributed by atoms with Crippen molar-refractivity contribution in [1.82, 2.24) is 8.80 Å². The zero-order chi connectivity index (χ0) is 37.4. The summed E-state index contributed by atoms with van der Waals surface area (Å²) < 4.78 is 5.21. The molecule has 2 nitrogen and oxygen atoms in total. The number of hydrogen-bond donors (Lipinski definition) is 0. The van der Waals surface area contributed by atoms with E-state index in [-0.39, 0.29) is 0 Å². The van der Waals surface area contributed by atoms with Crippen LogP contribution < -0.4 is 0 Å². The maximum atomic E-state index is 2.63. The Morgan fingerprint density at radius 2 is 0.552 bits per heavy atom. The lowest BCUT2D eigenvalue weighted by atomic mass is 9.80. The third kappa shape index (κ3) is 3.40. The maximum absolute atomic E-state index is 2.63. The van der Waals surface area contributed by atoms with E-state index < -0.39 is 0 Å². The molecule has 4 aromatic heterocycles. The van der Waals surface area contributed by atoms with Crippen LogP contribution in [0.5, 0.6) is 0 Å². The van der Waals surface area contributed by atoms with Crippen LogP contribution in [0.3, 0.4) is 0 Å². The van der Waals surface area contributed by atoms with Gasteiger partial charge in [-0.05, 0) is 109 Å². The lowest BCUT2D eigenvalue weighted by Gasteiger charge is -2.23. The number of para-hydroxylation sites is 1. The van der Waals surface area contributed by atoms with Gasteiger partial charge in [-0.1, -0.05) is 140 Å². The molecule has 10 aromatic carbocycles. The first-order valence-electron chi connectivity index (χ1n) is 20.3. The highest BCUT2D eigenvalue weighted by atomic mass is 14.9. The van der Waals surface area contributed by atoms with Crippen LogP contribution >= 0.6 is 0 Å². The minimum absolute atomic E-state index is 1.25. The fourth-order valence-corrected chi connectivity index (χ4v) is 11.3. The van der Waals surface area contributed by atoms with E-state index in [4.69, 9.17) is 0 Å². The molecule has 0 saturated heterocycles. The molecule has 2 heteroatoms. The monoisotopic (exact) mass is 730 g/mol. The highest BCUT2D eigenvalue weighted by molar-refractivity contribution is 6.46. The molecule has 1 aliphatic rings. The van der Waals surface area contributed by atoms with Crippen LogP contribution in [0.1, 0.15) is 0 Å². The van der Waals surface area contributed by atoms with Crippen molar-refractivity contribution in [2.75, 3.05) is 0 Å². The van der Waals surface area contributed by atoms with E-state index in [1.807, 2.05) is 0 Å². The van der Waals surface area contributed by atoms with Crippen molar-refractivity contribution in [3.63, 3.8) is 0 Å². The van der Waals surface area contributed by atoms with Gasteiger partial charge in [0.25, 0.3) is 0 Å². The molecule has 0 spiro atoms. The quantitative estimate of drug-likeness (QED) is 0.147. The van der Waals surface area contributed by atoms with Gasteiger partial charge in [0, 0.05) is 43.1 Å². The number of aromatic nitrogens is 2. The predicted molar refractivity (Wildman–Crippen MR) is 246 cm³/mol. The third-order valence-electron chi connectivity index (χ3n) is 13.6. The lowest BCUT2D eigenvalue weighted by molar-refractivity contribution is 1.37. The van der Waals surface area contributed by atoms with Crippen molar-refractivity contribution in [2.24, 2.45) is 0 Å². The average molecular weight is 731 g/mol. The fourth-order valence-electron chi connectivity index (χ4n) is 11.3. The average Bonchev–Trinajstić information content (AvgIpc) is 3.99. The molecule has 264 valence electrons. The SMILES string of the molecule is c1ccc2c(c1)-c1ccccc1-c1cc3c4c5c6cc7ccccc7cc6n6c7ccccc7c(c7c8cc9ccccc9cc8n(c3cc1-c1ccccc1-2)c47)c56. The van der Waals surface area contributed by atoms with Crippen LogP contribution in [-0.2, 0) is 0 Å². The number of nitrogens with zero attached hydrogens (tertiary/aromatic N) is 2. The number of fused-ring (bicyclic) bond motifs is 24. The normalized spacial score (nSPS) is 12.8. The van der Waals surface area contributed by atoms with Gasteiger partial charge in [-0.25, -0.2) is 0 Å². The molecule has 0 aliphatic heterocycles. The zero-order valence-corrected chi connectivity index (χ0v) is 31.2. The zero-order valence-electron chi connectivity index (χ0n) is 31.2. The van der Waals surface area contributed by atoms with Gasteiger partial charge in [-0.2, -0.15) is 0 Å². The summed E-state index contributed by atoms with van der Waals surface area (Å²) in [4.78, 5) is 0. The van der Waals surface area contributed by atoms with Gasteiger partial charge in [0.1, 0.15) is 0 Å². The Bertz CT molecular complexity index is 4120. The summed E-state index contributed by atoms with van der Waals surface area (Å²) in [5.41, 5.74) is 17.8. The molecule has 0 saturated carbocycles. The van der Waals surface area contributed by atoms with Crippen LogP contribution in [0.15, 0.2) is 182 Å². The highest BCUT2D eigenvalue weighted by Gasteiger charge is 2.31. The summed E-state index contributed by atoms with van der Waals surface area (Å²) in [6.07, 6.45) is 0. The third-order valence-corrected chi connectivity index (χ3v) is 13.6. The summed E-state index contributed by atoms with van der Waals surface area (Å²) in [6, 6.07) is 68.7. The molecule has 14 aromatic rings. The largest absolute Gasteiger partial charge is 0.308 e. The van der Waals surface area contributed by atoms with Crippen molar-refractivity contribution in [3.05, 3.63) is 182 Å². The van der Waals surface area contributed by atoms with Crippen LogP contribution in [0.4, 0.5) is 0 Å². The van der Waals surface area contributed by atoms with E-state index in [0.717, 1.165) is 0 Å². The van der Waals surface area contributed by atoms with Gasteiger partial charge in [0.05, 0.1) is 33.1 Å². The van der Waals surface area contributed by atoms with Crippen LogP contribution in [-0.4, -0.2) is 8.80 Å². The highest BCUT2D eigenvalue weighted by Crippen LogP contribution is 2.55. The molecule has 15 rings (SSSR count). The standard InChI is InChI=1S/C56H30N2/c1-3-15-33-27-48-44(25-31(33)13-1)53-54-46-29-42-39-21-9-7-19-37(39)35-17-5-6-18-36(35)38-20-8-10-22-40(38)43(42)30-50(46)58-49-28-34-16-4-2-14-32(34)26-45(49)52(56(54)58)51-41-23-11-12-24-47(41)57(48)55(51)53/h1-30H. The minimum atomic E-state index is 1.25. The molecule has 0 amide bonds. The van der Waals surface area contributed by atoms with Crippen molar-refractivity contribution >= 4 is 97.7 Å². The van der Waals surface area contributed by atoms with Crippen molar-refractivity contribution in [2.45, 2.75) is 0 Å². The van der Waals surface area contributed by atoms with E-state index in [1.54, 1.807) is 0 Å². The molecule has 0 fully saturated rings. The molecule has 0 N–H and O–H groups in total. The number of benzene rings is 10. The predicted octanol–water partition coefficient (Wildman–Crippen LogP) is 15.3. The molecule has 0 bridgehead atoms. The Morgan fingerprint density at radius 1 is 0.224 bits per heavy atom. The number of rotatable bonds is 0. The Kier molecular flexibility index (Phi) is 5.20. The summed E-state index contributed by atoms with van der Waals surface area (Å²) in [6.45, 7) is 0. The van der Waals surface area contributed by atoms with E-state index in [1.165, 1.54) is 142 Å². The second-order valence-electron chi connectivity index (χ2n) is 16.4. The Morgan fingerprint density at radius 3 is 1.05 bits per heavy atom. The molecule has 0 atom stereocenters. The molecule has 1 aliphatic carbocycles. The maximum Gasteiger partial charge on any atom is 0.0634 e. The first-order chi connectivity index (χ1) is 28.8. The molecule has 4 heterocycles. The Hall–Kier alpha value is -7.68. The first kappa shape index (κ1) is 29.6. The van der Waals surface area contributed by atoms with E-state index >= 15 is 0 Å². The van der Waals surface area contributed by atoms with E-state index in [2.05, 4.69) is 191 Å². The molecule has 0 unspecified atom stereocenters. The molecule has 58 heavy (non-hydrogen) atoms. The summed E-state index contributed by atoms with van der Waals surface area (Å²) in [7, 11) is 0. The number of hydrogen-bond acceptors (Lipinski definition) is 0. The van der Waals surface area contributed by atoms with Gasteiger partial charge in [-0.15, -0.1) is 0 Å². The van der Waals surface area contributed by atoms with Gasteiger partial charge >= 0.3 is 0 Å². The lowest BCUT2D eigenvalue weighted by Crippen LogP contribution is -1.97. The van der Waals surface area contributed by atoms with Gasteiger partial charge in [0.2, 0.25) is 0 Å². The van der Waals surface area contributed by atoms with Crippen molar-refractivity contribution in [1.29, 1.82) is 0 Å². The first-order valence-corrected chi connectivity index (χ1v) is 20.3. The minimum Gasteiger partial charge on any atom is -0.308 e. The van der Waals surface area contributed by atoms with Crippen LogP contribution in [0.2, 0.25) is 0 Å². The summed E-state index contributed by atoms with van der Waals surface area (Å²) >= 11 is 0. The van der Waals surface area contributed by atoms with Crippen molar-refractivity contribution < 1.29 is 0 Å². The van der Waals surface area contributed by atoms with Gasteiger partial charge in [-0.3, -0.25) is 0 Å². The van der Waals surface area contributed by atoms with E-state index in [0.29, 0.717) is 0 Å². The smallest absolute Gasteiger partial charge is 0.0634 e. The van der Waals surface area contributed by atoms with Gasteiger partial charge in [0.15, 0.2) is 0 Å². The van der Waals surface area contributed by atoms with E-state index in [9.17, 15) is 0 Å². The fraction of sp³-hybridized carbons (Fsp3) is 0. The molecular weight excluding hydrogens is 701 g/mol. The van der Waals surface area contributed by atoms with Crippen LogP contribution in [0, 0.1) is 0 Å². The van der Waals surface area contributed by atoms with Crippen molar-refractivity contribution in [3.8, 4) is 44.5 Å². The molecular formula is C56H30N2. The second-order valence-corrected chi connectivity index (χ2v) is 16.4.